The molecule has 0 fully saturated rings. The van der Waals surface area contributed by atoms with Gasteiger partial charge in [0.05, 0.1) is 5.69 Å². The molecule has 0 bridgehead atoms. The second kappa shape index (κ2) is 4.78. The second-order valence-corrected chi connectivity index (χ2v) is 4.17. The number of hydrogen-bond acceptors (Lipinski definition) is 4. The smallest absolute Gasteiger partial charge is 0.247 e. The second-order valence-electron chi connectivity index (χ2n) is 3.83. The maximum Gasteiger partial charge on any atom is 0.247 e. The van der Waals surface area contributed by atoms with Gasteiger partial charge >= 0.3 is 0 Å². The Labute approximate surface area is 109 Å². The van der Waals surface area contributed by atoms with Crippen molar-refractivity contribution < 1.29 is 9.13 Å². The fraction of sp³-hybridized carbons (Fsp3) is 0.167. The van der Waals surface area contributed by atoms with Crippen LogP contribution in [0.25, 0.3) is 0 Å². The molecule has 1 aromatic carbocycles. The summed E-state index contributed by atoms with van der Waals surface area (Å²) in [6.45, 7) is 3.50. The minimum Gasteiger partial charge on any atom is -0.434 e. The first-order valence-electron chi connectivity index (χ1n) is 5.21. The Kier molecular flexibility index (Phi) is 3.34. The Bertz CT molecular complexity index is 604. The Hall–Kier alpha value is -1.88. The van der Waals surface area contributed by atoms with Crippen molar-refractivity contribution in [1.82, 2.24) is 9.97 Å². The van der Waals surface area contributed by atoms with Gasteiger partial charge in [0.2, 0.25) is 11.2 Å². The first-order chi connectivity index (χ1) is 8.47. The minimum atomic E-state index is -0.493. The van der Waals surface area contributed by atoms with Crippen molar-refractivity contribution in [1.29, 1.82) is 0 Å². The van der Waals surface area contributed by atoms with Gasteiger partial charge in [0, 0.05) is 0 Å². The van der Waals surface area contributed by atoms with E-state index in [-0.39, 0.29) is 22.6 Å². The monoisotopic (exact) mass is 267 g/mol. The molecule has 6 heteroatoms. The number of aryl methyl sites for hydroxylation is 2. The van der Waals surface area contributed by atoms with E-state index < -0.39 is 5.82 Å². The van der Waals surface area contributed by atoms with Crippen LogP contribution in [0, 0.1) is 19.7 Å². The van der Waals surface area contributed by atoms with Gasteiger partial charge in [-0.05, 0) is 43.1 Å². The maximum atomic E-state index is 13.5. The normalized spacial score (nSPS) is 10.4. The van der Waals surface area contributed by atoms with Gasteiger partial charge in [-0.25, -0.2) is 9.37 Å². The third kappa shape index (κ3) is 2.51. The van der Waals surface area contributed by atoms with Crippen LogP contribution < -0.4 is 10.5 Å². The summed E-state index contributed by atoms with van der Waals surface area (Å²) < 4.78 is 18.9. The Morgan fingerprint density at radius 2 is 2.00 bits per heavy atom. The van der Waals surface area contributed by atoms with E-state index in [4.69, 9.17) is 22.1 Å². The molecule has 0 spiro atoms. The van der Waals surface area contributed by atoms with Gasteiger partial charge in [-0.3, -0.25) is 0 Å². The topological polar surface area (TPSA) is 61.0 Å². The fourth-order valence-electron chi connectivity index (χ4n) is 1.39. The molecule has 0 unspecified atom stereocenters. The highest BCUT2D eigenvalue weighted by molar-refractivity contribution is 6.28. The van der Waals surface area contributed by atoms with Crippen LogP contribution in [0.1, 0.15) is 11.3 Å². The maximum absolute atomic E-state index is 13.5. The standard InChI is InChI=1S/C12H11ClFN3O/c1-6-3-4-8(14)9(5-6)18-11-10(15)7(2)16-12(13)17-11/h3-5H,15H2,1-2H3. The van der Waals surface area contributed by atoms with E-state index in [2.05, 4.69) is 9.97 Å². The van der Waals surface area contributed by atoms with Crippen LogP contribution in [0.2, 0.25) is 5.28 Å². The average molecular weight is 268 g/mol. The van der Waals surface area contributed by atoms with Crippen LogP contribution in [0.4, 0.5) is 10.1 Å². The predicted octanol–water partition coefficient (Wildman–Crippen LogP) is 3.26. The van der Waals surface area contributed by atoms with Gasteiger partial charge in [-0.1, -0.05) is 6.07 Å². The van der Waals surface area contributed by atoms with Crippen molar-refractivity contribution >= 4 is 17.3 Å². The summed E-state index contributed by atoms with van der Waals surface area (Å²) in [5, 5.41) is 0.00441. The van der Waals surface area contributed by atoms with Gasteiger partial charge < -0.3 is 10.5 Å². The molecule has 1 aromatic heterocycles. The minimum absolute atomic E-state index is 0.00441. The van der Waals surface area contributed by atoms with E-state index in [0.29, 0.717) is 5.69 Å². The summed E-state index contributed by atoms with van der Waals surface area (Å²) in [7, 11) is 0. The number of aromatic nitrogens is 2. The molecular formula is C12H11ClFN3O. The van der Waals surface area contributed by atoms with Gasteiger partial charge in [0.25, 0.3) is 0 Å². The zero-order chi connectivity index (χ0) is 13.3. The van der Waals surface area contributed by atoms with E-state index in [1.807, 2.05) is 6.92 Å². The van der Waals surface area contributed by atoms with E-state index in [1.165, 1.54) is 6.07 Å². The van der Waals surface area contributed by atoms with Crippen molar-refractivity contribution in [3.63, 3.8) is 0 Å². The lowest BCUT2D eigenvalue weighted by Gasteiger charge is -2.10. The number of benzene rings is 1. The number of nitrogens with two attached hydrogens (primary N) is 1. The number of ether oxygens (including phenoxy) is 1. The molecule has 1 heterocycles. The number of hydrogen-bond donors (Lipinski definition) is 1. The molecule has 2 rings (SSSR count). The molecule has 0 aliphatic heterocycles. The summed E-state index contributed by atoms with van der Waals surface area (Å²) in [5.41, 5.74) is 7.34. The molecular weight excluding hydrogens is 257 g/mol. The van der Waals surface area contributed by atoms with Gasteiger partial charge in [-0.2, -0.15) is 4.98 Å². The first-order valence-corrected chi connectivity index (χ1v) is 5.59. The fourth-order valence-corrected chi connectivity index (χ4v) is 1.60. The van der Waals surface area contributed by atoms with Crippen molar-refractivity contribution in [2.45, 2.75) is 13.8 Å². The van der Waals surface area contributed by atoms with E-state index in [0.717, 1.165) is 5.56 Å². The van der Waals surface area contributed by atoms with Crippen LogP contribution in [-0.4, -0.2) is 9.97 Å². The van der Waals surface area contributed by atoms with E-state index in [1.54, 1.807) is 19.1 Å². The van der Waals surface area contributed by atoms with Crippen molar-refractivity contribution in [3.05, 3.63) is 40.6 Å². The van der Waals surface area contributed by atoms with E-state index >= 15 is 0 Å². The number of anilines is 1. The number of halogens is 2. The van der Waals surface area contributed by atoms with Crippen LogP contribution in [0.3, 0.4) is 0 Å². The lowest BCUT2D eigenvalue weighted by molar-refractivity contribution is 0.428. The summed E-state index contributed by atoms with van der Waals surface area (Å²) in [6.07, 6.45) is 0. The highest BCUT2D eigenvalue weighted by Crippen LogP contribution is 2.30. The summed E-state index contributed by atoms with van der Waals surface area (Å²) in [5.74, 6) is -0.389. The molecule has 0 atom stereocenters. The molecule has 0 saturated carbocycles. The number of rotatable bonds is 2. The summed E-state index contributed by atoms with van der Waals surface area (Å²) in [4.78, 5) is 7.71. The highest BCUT2D eigenvalue weighted by atomic mass is 35.5. The third-order valence-electron chi connectivity index (χ3n) is 2.37. The zero-order valence-electron chi connectivity index (χ0n) is 9.87. The summed E-state index contributed by atoms with van der Waals surface area (Å²) in [6, 6.07) is 4.51. The van der Waals surface area contributed by atoms with Crippen molar-refractivity contribution in [3.8, 4) is 11.6 Å². The molecule has 0 radical (unpaired) electrons. The SMILES string of the molecule is Cc1ccc(F)c(Oc2nc(Cl)nc(C)c2N)c1. The Morgan fingerprint density at radius 3 is 2.72 bits per heavy atom. The Balaban J connectivity index is 2.43. The molecule has 4 nitrogen and oxygen atoms in total. The lowest BCUT2D eigenvalue weighted by atomic mass is 10.2. The lowest BCUT2D eigenvalue weighted by Crippen LogP contribution is -2.01. The molecule has 0 amide bonds. The number of nitrogen functional groups attached to an aromatic ring is 1. The molecule has 0 aliphatic rings. The van der Waals surface area contributed by atoms with Gasteiger partial charge in [-0.15, -0.1) is 0 Å². The van der Waals surface area contributed by atoms with Crippen LogP contribution in [0.15, 0.2) is 18.2 Å². The first kappa shape index (κ1) is 12.6. The average Bonchev–Trinajstić information content (AvgIpc) is 2.30. The molecule has 94 valence electrons. The Morgan fingerprint density at radius 1 is 1.28 bits per heavy atom. The van der Waals surface area contributed by atoms with Crippen LogP contribution in [-0.2, 0) is 0 Å². The van der Waals surface area contributed by atoms with Gasteiger partial charge in [0.1, 0.15) is 5.69 Å². The summed E-state index contributed by atoms with van der Waals surface area (Å²) >= 11 is 5.71. The molecule has 18 heavy (non-hydrogen) atoms. The predicted molar refractivity (Wildman–Crippen MR) is 67.4 cm³/mol. The molecule has 0 aliphatic carbocycles. The quantitative estimate of drug-likeness (QED) is 0.849. The molecule has 2 aromatic rings. The molecule has 0 saturated heterocycles. The highest BCUT2D eigenvalue weighted by Gasteiger charge is 2.12. The van der Waals surface area contributed by atoms with Crippen LogP contribution >= 0.6 is 11.6 Å². The van der Waals surface area contributed by atoms with Crippen LogP contribution in [0.5, 0.6) is 11.6 Å². The molecule has 2 N–H and O–H groups in total. The van der Waals surface area contributed by atoms with Crippen molar-refractivity contribution in [2.24, 2.45) is 0 Å². The van der Waals surface area contributed by atoms with E-state index in [9.17, 15) is 4.39 Å². The van der Waals surface area contributed by atoms with Gasteiger partial charge in [0.15, 0.2) is 11.6 Å². The largest absolute Gasteiger partial charge is 0.434 e. The number of nitrogens with zero attached hydrogens (tertiary/aromatic N) is 2. The zero-order valence-corrected chi connectivity index (χ0v) is 10.6. The third-order valence-corrected chi connectivity index (χ3v) is 2.54. The van der Waals surface area contributed by atoms with Crippen molar-refractivity contribution in [2.75, 3.05) is 5.73 Å².